The van der Waals surface area contributed by atoms with E-state index in [0.717, 1.165) is 37.8 Å². The smallest absolute Gasteiger partial charge is 0.343 e. The van der Waals surface area contributed by atoms with Crippen LogP contribution in [0.3, 0.4) is 0 Å². The summed E-state index contributed by atoms with van der Waals surface area (Å²) in [6.07, 6.45) is 5.81. The van der Waals surface area contributed by atoms with Crippen molar-refractivity contribution < 1.29 is 33.3 Å². The predicted molar refractivity (Wildman–Crippen MR) is 119 cm³/mol. The molecule has 2 aromatic rings. The molecule has 0 aliphatic rings. The monoisotopic (exact) mass is 438 g/mol. The van der Waals surface area contributed by atoms with Crippen LogP contribution in [0.1, 0.15) is 36.0 Å². The van der Waals surface area contributed by atoms with Gasteiger partial charge < -0.3 is 18.9 Å². The summed E-state index contributed by atoms with van der Waals surface area (Å²) in [4.78, 5) is 34.3. The second-order valence-electron chi connectivity index (χ2n) is 6.64. The summed E-state index contributed by atoms with van der Waals surface area (Å²) in [6, 6.07) is 12.8. The van der Waals surface area contributed by atoms with Crippen LogP contribution in [0.15, 0.2) is 73.8 Å². The number of carbonyl (C=O) groups excluding carboxylic acids is 3. The van der Waals surface area contributed by atoms with Gasteiger partial charge in [-0.05, 0) is 74.2 Å². The van der Waals surface area contributed by atoms with Gasteiger partial charge in [-0.25, -0.2) is 14.4 Å². The minimum atomic E-state index is -0.575. The van der Waals surface area contributed by atoms with Gasteiger partial charge in [0.2, 0.25) is 0 Å². The number of hydrogen-bond donors (Lipinski definition) is 0. The van der Waals surface area contributed by atoms with Crippen LogP contribution in [0.2, 0.25) is 0 Å². The number of esters is 3. The highest BCUT2D eigenvalue weighted by Gasteiger charge is 2.10. The summed E-state index contributed by atoms with van der Waals surface area (Å²) in [5.41, 5.74) is 0.322. The molecule has 0 aromatic heterocycles. The zero-order chi connectivity index (χ0) is 23.2. The molecule has 0 bridgehead atoms. The number of rotatable bonds is 13. The van der Waals surface area contributed by atoms with Gasteiger partial charge >= 0.3 is 17.9 Å². The maximum Gasteiger partial charge on any atom is 0.343 e. The maximum absolute atomic E-state index is 12.3. The lowest BCUT2D eigenvalue weighted by atomic mass is 10.2. The van der Waals surface area contributed by atoms with E-state index in [1.54, 1.807) is 24.3 Å². The lowest BCUT2D eigenvalue weighted by Crippen LogP contribution is -2.09. The van der Waals surface area contributed by atoms with E-state index in [1.165, 1.54) is 24.3 Å². The van der Waals surface area contributed by atoms with Gasteiger partial charge in [0.1, 0.15) is 17.2 Å². The average Bonchev–Trinajstić information content (AvgIpc) is 2.81. The van der Waals surface area contributed by atoms with E-state index < -0.39 is 17.9 Å². The first-order chi connectivity index (χ1) is 15.5. The van der Waals surface area contributed by atoms with Crippen molar-refractivity contribution in [3.63, 3.8) is 0 Å². The van der Waals surface area contributed by atoms with Crippen LogP contribution in [-0.2, 0) is 14.3 Å². The first-order valence-electron chi connectivity index (χ1n) is 10.2. The SMILES string of the molecule is C=CC(=O)OCCCCCCOc1ccc(OC(=O)c2ccc(OC(=O)C=C)cc2)cc1. The molecule has 0 amide bonds. The molecule has 0 saturated carbocycles. The van der Waals surface area contributed by atoms with E-state index >= 15 is 0 Å². The number of hydrogen-bond acceptors (Lipinski definition) is 7. The van der Waals surface area contributed by atoms with Crippen LogP contribution < -0.4 is 14.2 Å². The zero-order valence-corrected chi connectivity index (χ0v) is 17.8. The Hall–Kier alpha value is -3.87. The van der Waals surface area contributed by atoms with E-state index in [-0.39, 0.29) is 0 Å². The van der Waals surface area contributed by atoms with Crippen molar-refractivity contribution in [1.29, 1.82) is 0 Å². The molecule has 0 fully saturated rings. The molecule has 2 aromatic carbocycles. The maximum atomic E-state index is 12.3. The first-order valence-corrected chi connectivity index (χ1v) is 10.2. The van der Waals surface area contributed by atoms with Crippen molar-refractivity contribution in [2.45, 2.75) is 25.7 Å². The van der Waals surface area contributed by atoms with Gasteiger partial charge in [-0.15, -0.1) is 0 Å². The topological polar surface area (TPSA) is 88.1 Å². The fourth-order valence-electron chi connectivity index (χ4n) is 2.57. The largest absolute Gasteiger partial charge is 0.494 e. The Kier molecular flexibility index (Phi) is 10.2. The van der Waals surface area contributed by atoms with Crippen molar-refractivity contribution >= 4 is 17.9 Å². The summed E-state index contributed by atoms with van der Waals surface area (Å²) in [7, 11) is 0. The Morgan fingerprint density at radius 1 is 0.656 bits per heavy atom. The molecule has 2 rings (SSSR count). The predicted octanol–water partition coefficient (Wildman–Crippen LogP) is 4.67. The lowest BCUT2D eigenvalue weighted by molar-refractivity contribution is -0.137. The fourth-order valence-corrected chi connectivity index (χ4v) is 2.57. The van der Waals surface area contributed by atoms with Crippen LogP contribution in [0, 0.1) is 0 Å². The molecule has 0 atom stereocenters. The summed E-state index contributed by atoms with van der Waals surface area (Å²) in [6.45, 7) is 7.63. The lowest BCUT2D eigenvalue weighted by Gasteiger charge is -2.08. The van der Waals surface area contributed by atoms with Gasteiger partial charge in [0.25, 0.3) is 0 Å². The van der Waals surface area contributed by atoms with E-state index in [1.807, 2.05) is 0 Å². The Balaban J connectivity index is 1.68. The van der Waals surface area contributed by atoms with Gasteiger partial charge in [-0.1, -0.05) is 13.2 Å². The van der Waals surface area contributed by atoms with Crippen LogP contribution in [0.4, 0.5) is 0 Å². The molecular formula is C25H26O7. The van der Waals surface area contributed by atoms with Gasteiger partial charge in [0.05, 0.1) is 18.8 Å². The second kappa shape index (κ2) is 13.4. The number of carbonyl (C=O) groups is 3. The van der Waals surface area contributed by atoms with Crippen molar-refractivity contribution in [2.24, 2.45) is 0 Å². The molecule has 32 heavy (non-hydrogen) atoms. The molecule has 0 radical (unpaired) electrons. The first kappa shape index (κ1) is 24.4. The van der Waals surface area contributed by atoms with Crippen molar-refractivity contribution in [3.8, 4) is 17.2 Å². The minimum absolute atomic E-state index is 0.309. The number of ether oxygens (including phenoxy) is 4. The van der Waals surface area contributed by atoms with Gasteiger partial charge in [0, 0.05) is 12.2 Å². The summed E-state index contributed by atoms with van der Waals surface area (Å²) >= 11 is 0. The molecule has 0 aliphatic heterocycles. The van der Waals surface area contributed by atoms with Crippen LogP contribution in [0.25, 0.3) is 0 Å². The Morgan fingerprint density at radius 3 is 1.81 bits per heavy atom. The highest BCUT2D eigenvalue weighted by molar-refractivity contribution is 5.91. The Labute approximate surface area is 187 Å². The molecule has 0 N–H and O–H groups in total. The van der Waals surface area contributed by atoms with Gasteiger partial charge in [-0.3, -0.25) is 0 Å². The second-order valence-corrected chi connectivity index (χ2v) is 6.64. The number of unbranched alkanes of at least 4 members (excludes halogenated alkanes) is 3. The third kappa shape index (κ3) is 8.87. The van der Waals surface area contributed by atoms with Gasteiger partial charge in [0.15, 0.2) is 0 Å². The summed E-state index contributed by atoms with van der Waals surface area (Å²) in [5, 5.41) is 0. The molecule has 168 valence electrons. The molecule has 0 heterocycles. The van der Waals surface area contributed by atoms with E-state index in [4.69, 9.17) is 18.9 Å². The highest BCUT2D eigenvalue weighted by atomic mass is 16.5. The quantitative estimate of drug-likeness (QED) is 0.194. The molecule has 0 saturated heterocycles. The molecule has 7 heteroatoms. The summed E-state index contributed by atoms with van der Waals surface area (Å²) in [5.74, 6) is -0.124. The van der Waals surface area contributed by atoms with Gasteiger partial charge in [-0.2, -0.15) is 0 Å². The average molecular weight is 438 g/mol. The molecule has 0 unspecified atom stereocenters. The molecule has 0 spiro atoms. The van der Waals surface area contributed by atoms with E-state index in [0.29, 0.717) is 36.0 Å². The van der Waals surface area contributed by atoms with Crippen LogP contribution in [0.5, 0.6) is 17.2 Å². The van der Waals surface area contributed by atoms with E-state index in [2.05, 4.69) is 13.2 Å². The third-order valence-electron chi connectivity index (χ3n) is 4.23. The molecule has 0 aliphatic carbocycles. The molecular weight excluding hydrogens is 412 g/mol. The fraction of sp³-hybridized carbons (Fsp3) is 0.240. The normalized spacial score (nSPS) is 10.0. The van der Waals surface area contributed by atoms with Crippen LogP contribution >= 0.6 is 0 Å². The minimum Gasteiger partial charge on any atom is -0.494 e. The number of benzene rings is 2. The third-order valence-corrected chi connectivity index (χ3v) is 4.23. The molecule has 7 nitrogen and oxygen atoms in total. The van der Waals surface area contributed by atoms with Crippen molar-refractivity contribution in [1.82, 2.24) is 0 Å². The van der Waals surface area contributed by atoms with Crippen molar-refractivity contribution in [2.75, 3.05) is 13.2 Å². The van der Waals surface area contributed by atoms with Crippen LogP contribution in [-0.4, -0.2) is 31.1 Å². The van der Waals surface area contributed by atoms with Crippen molar-refractivity contribution in [3.05, 3.63) is 79.4 Å². The zero-order valence-electron chi connectivity index (χ0n) is 17.8. The standard InChI is InChI=1S/C25H26O7/c1-3-23(26)30-18-8-6-5-7-17-29-20-13-15-22(16-14-20)32-25(28)19-9-11-21(12-10-19)31-24(27)4-2/h3-4,9-16H,1-2,5-8,17-18H2. The summed E-state index contributed by atoms with van der Waals surface area (Å²) < 4.78 is 20.9. The Morgan fingerprint density at radius 2 is 1.19 bits per heavy atom. The highest BCUT2D eigenvalue weighted by Crippen LogP contribution is 2.20. The Bertz CT molecular complexity index is 914. The van der Waals surface area contributed by atoms with E-state index in [9.17, 15) is 14.4 Å².